The average molecular weight is 144 g/mol. The molecule has 0 amide bonds. The van der Waals surface area contributed by atoms with Crippen LogP contribution in [0.25, 0.3) is 0 Å². The Morgan fingerprint density at radius 3 is 2.30 bits per heavy atom. The molecule has 0 bridgehead atoms. The smallest absolute Gasteiger partial charge is 0.0105 e. The lowest BCUT2D eigenvalue weighted by Crippen LogP contribution is -2.32. The highest BCUT2D eigenvalue weighted by atomic mass is 15.1. The molecule has 0 fully saturated rings. The first kappa shape index (κ1) is 9.92. The summed E-state index contributed by atoms with van der Waals surface area (Å²) in [5.74, 6) is 0.756. The second kappa shape index (κ2) is 5.69. The van der Waals surface area contributed by atoms with Crippen molar-refractivity contribution >= 4 is 0 Å². The van der Waals surface area contributed by atoms with Crippen LogP contribution in [-0.2, 0) is 0 Å². The lowest BCUT2D eigenvalue weighted by Gasteiger charge is -2.21. The van der Waals surface area contributed by atoms with Gasteiger partial charge >= 0.3 is 0 Å². The van der Waals surface area contributed by atoms with Crippen molar-refractivity contribution in [2.24, 2.45) is 11.7 Å². The Morgan fingerprint density at radius 1 is 1.40 bits per heavy atom. The fourth-order valence-corrected chi connectivity index (χ4v) is 1.08. The molecule has 0 saturated heterocycles. The fourth-order valence-electron chi connectivity index (χ4n) is 1.08. The van der Waals surface area contributed by atoms with Crippen LogP contribution in [0.5, 0.6) is 0 Å². The van der Waals surface area contributed by atoms with Crippen molar-refractivity contribution in [3.63, 3.8) is 0 Å². The predicted molar refractivity (Wildman–Crippen MR) is 46.0 cm³/mol. The molecule has 10 heavy (non-hydrogen) atoms. The molecule has 0 unspecified atom stereocenters. The molecule has 0 aromatic carbocycles. The molecule has 2 heteroatoms. The standard InChI is InChI=1S/C8H20N2/c1-4-10(6-5-9)7-8(2)3/h8H,4-7,9H2,1-3H3. The highest BCUT2D eigenvalue weighted by molar-refractivity contribution is 4.57. The van der Waals surface area contributed by atoms with Gasteiger partial charge in [-0.2, -0.15) is 0 Å². The molecule has 0 heterocycles. The third-order valence-corrected chi connectivity index (χ3v) is 1.52. The van der Waals surface area contributed by atoms with E-state index in [-0.39, 0.29) is 0 Å². The van der Waals surface area contributed by atoms with E-state index in [1.165, 1.54) is 6.54 Å². The summed E-state index contributed by atoms with van der Waals surface area (Å²) in [5.41, 5.74) is 5.44. The van der Waals surface area contributed by atoms with Crippen molar-refractivity contribution in [2.75, 3.05) is 26.2 Å². The van der Waals surface area contributed by atoms with Gasteiger partial charge in [-0.1, -0.05) is 20.8 Å². The molecule has 2 N–H and O–H groups in total. The van der Waals surface area contributed by atoms with Crippen molar-refractivity contribution in [3.05, 3.63) is 0 Å². The van der Waals surface area contributed by atoms with Crippen LogP contribution in [0.3, 0.4) is 0 Å². The summed E-state index contributed by atoms with van der Waals surface area (Å²) in [6.07, 6.45) is 0. The molecule has 0 spiro atoms. The van der Waals surface area contributed by atoms with Gasteiger partial charge in [-0.3, -0.25) is 0 Å². The minimum atomic E-state index is 0.756. The Balaban J connectivity index is 3.39. The molecular formula is C8H20N2. The van der Waals surface area contributed by atoms with Crippen LogP contribution in [0, 0.1) is 5.92 Å². The first-order chi connectivity index (χ1) is 4.70. The maximum Gasteiger partial charge on any atom is 0.0105 e. The van der Waals surface area contributed by atoms with Gasteiger partial charge in [-0.25, -0.2) is 0 Å². The predicted octanol–water partition coefficient (Wildman–Crippen LogP) is 0.923. The summed E-state index contributed by atoms with van der Waals surface area (Å²) in [6, 6.07) is 0. The third kappa shape index (κ3) is 4.77. The average Bonchev–Trinajstić information content (AvgIpc) is 1.86. The molecule has 2 nitrogen and oxygen atoms in total. The zero-order valence-electron chi connectivity index (χ0n) is 7.43. The SMILES string of the molecule is CCN(CCN)CC(C)C. The number of hydrogen-bond acceptors (Lipinski definition) is 2. The normalized spacial score (nSPS) is 11.4. The first-order valence-electron chi connectivity index (χ1n) is 4.13. The maximum atomic E-state index is 5.44. The first-order valence-corrected chi connectivity index (χ1v) is 4.13. The van der Waals surface area contributed by atoms with Crippen molar-refractivity contribution < 1.29 is 0 Å². The zero-order chi connectivity index (χ0) is 7.98. The molecule has 62 valence electrons. The van der Waals surface area contributed by atoms with Crippen LogP contribution in [0.4, 0.5) is 0 Å². The van der Waals surface area contributed by atoms with Crippen LogP contribution in [0.1, 0.15) is 20.8 Å². The lowest BCUT2D eigenvalue weighted by atomic mass is 10.2. The Kier molecular flexibility index (Phi) is 5.64. The van der Waals surface area contributed by atoms with Gasteiger partial charge in [0.1, 0.15) is 0 Å². The second-order valence-corrected chi connectivity index (χ2v) is 3.08. The van der Waals surface area contributed by atoms with Gasteiger partial charge in [0.25, 0.3) is 0 Å². The number of nitrogens with two attached hydrogens (primary N) is 1. The Labute approximate surface area is 64.4 Å². The Morgan fingerprint density at radius 2 is 2.00 bits per heavy atom. The Hall–Kier alpha value is -0.0800. The van der Waals surface area contributed by atoms with E-state index in [2.05, 4.69) is 25.7 Å². The van der Waals surface area contributed by atoms with Crippen LogP contribution in [-0.4, -0.2) is 31.1 Å². The van der Waals surface area contributed by atoms with Gasteiger partial charge in [-0.05, 0) is 12.5 Å². The molecule has 0 aliphatic carbocycles. The van der Waals surface area contributed by atoms with Crippen molar-refractivity contribution in [1.82, 2.24) is 4.90 Å². The number of likely N-dealkylation sites (N-methyl/N-ethyl adjacent to an activating group) is 1. The zero-order valence-corrected chi connectivity index (χ0v) is 7.43. The van der Waals surface area contributed by atoms with E-state index in [4.69, 9.17) is 5.73 Å². The van der Waals surface area contributed by atoms with Gasteiger partial charge in [0.2, 0.25) is 0 Å². The minimum absolute atomic E-state index is 0.756. The number of hydrogen-bond donors (Lipinski definition) is 1. The molecular weight excluding hydrogens is 124 g/mol. The van der Waals surface area contributed by atoms with Gasteiger partial charge in [0, 0.05) is 19.6 Å². The van der Waals surface area contributed by atoms with Crippen molar-refractivity contribution in [2.45, 2.75) is 20.8 Å². The molecule has 0 aromatic rings. The van der Waals surface area contributed by atoms with Crippen LogP contribution >= 0.6 is 0 Å². The van der Waals surface area contributed by atoms with E-state index in [0.717, 1.165) is 25.6 Å². The van der Waals surface area contributed by atoms with Crippen LogP contribution in [0.2, 0.25) is 0 Å². The molecule has 0 radical (unpaired) electrons. The summed E-state index contributed by atoms with van der Waals surface area (Å²) < 4.78 is 0. The van der Waals surface area contributed by atoms with Gasteiger partial charge in [-0.15, -0.1) is 0 Å². The summed E-state index contributed by atoms with van der Waals surface area (Å²) in [5, 5.41) is 0. The molecule has 0 aromatic heterocycles. The topological polar surface area (TPSA) is 29.3 Å². The third-order valence-electron chi connectivity index (χ3n) is 1.52. The van der Waals surface area contributed by atoms with Crippen molar-refractivity contribution in [3.8, 4) is 0 Å². The monoisotopic (exact) mass is 144 g/mol. The lowest BCUT2D eigenvalue weighted by molar-refractivity contribution is 0.263. The summed E-state index contributed by atoms with van der Waals surface area (Å²) >= 11 is 0. The quantitative estimate of drug-likeness (QED) is 0.622. The molecule has 0 rings (SSSR count). The fraction of sp³-hybridized carbons (Fsp3) is 1.00. The maximum absolute atomic E-state index is 5.44. The molecule has 0 atom stereocenters. The van der Waals surface area contributed by atoms with Crippen LogP contribution in [0.15, 0.2) is 0 Å². The van der Waals surface area contributed by atoms with E-state index >= 15 is 0 Å². The van der Waals surface area contributed by atoms with Gasteiger partial charge in [0.15, 0.2) is 0 Å². The highest BCUT2D eigenvalue weighted by Crippen LogP contribution is 1.96. The van der Waals surface area contributed by atoms with Crippen LogP contribution < -0.4 is 5.73 Å². The molecule has 0 aliphatic rings. The van der Waals surface area contributed by atoms with Crippen molar-refractivity contribution in [1.29, 1.82) is 0 Å². The second-order valence-electron chi connectivity index (χ2n) is 3.08. The molecule has 0 saturated carbocycles. The van der Waals surface area contributed by atoms with E-state index < -0.39 is 0 Å². The van der Waals surface area contributed by atoms with Gasteiger partial charge < -0.3 is 10.6 Å². The number of nitrogens with zero attached hydrogens (tertiary/aromatic N) is 1. The van der Waals surface area contributed by atoms with E-state index in [9.17, 15) is 0 Å². The Bertz CT molecular complexity index is 71.7. The van der Waals surface area contributed by atoms with E-state index in [1.807, 2.05) is 0 Å². The summed E-state index contributed by atoms with van der Waals surface area (Å²) in [4.78, 5) is 2.38. The molecule has 0 aliphatic heterocycles. The summed E-state index contributed by atoms with van der Waals surface area (Å²) in [6.45, 7) is 10.8. The van der Waals surface area contributed by atoms with E-state index in [0.29, 0.717) is 0 Å². The largest absolute Gasteiger partial charge is 0.329 e. The van der Waals surface area contributed by atoms with Gasteiger partial charge in [0.05, 0.1) is 0 Å². The van der Waals surface area contributed by atoms with E-state index in [1.54, 1.807) is 0 Å². The number of rotatable bonds is 5. The highest BCUT2D eigenvalue weighted by Gasteiger charge is 2.01. The minimum Gasteiger partial charge on any atom is -0.329 e. The summed E-state index contributed by atoms with van der Waals surface area (Å²) in [7, 11) is 0.